The number of aryl methyl sites for hydroxylation is 1. The minimum absolute atomic E-state index is 0.162. The molecular weight excluding hydrogens is 237 g/mol. The third-order valence-corrected chi connectivity index (χ3v) is 3.31. The summed E-state index contributed by atoms with van der Waals surface area (Å²) in [5.41, 5.74) is 5.39. The lowest BCUT2D eigenvalue weighted by atomic mass is 10.00. The molecule has 4 nitrogen and oxygen atoms in total. The molecule has 2 rings (SSSR count). The molecule has 3 N–H and O–H groups in total. The summed E-state index contributed by atoms with van der Waals surface area (Å²) in [6.07, 6.45) is 0.731. The van der Waals surface area contributed by atoms with Crippen molar-refractivity contribution in [3.63, 3.8) is 0 Å². The third-order valence-electron chi connectivity index (χ3n) is 3.31. The molecule has 2 atom stereocenters. The lowest BCUT2D eigenvalue weighted by Gasteiger charge is -2.19. The summed E-state index contributed by atoms with van der Waals surface area (Å²) < 4.78 is 19.0. The van der Waals surface area contributed by atoms with Gasteiger partial charge in [0, 0.05) is 6.42 Å². The number of ether oxygens (including phenoxy) is 1. The van der Waals surface area contributed by atoms with Gasteiger partial charge in [-0.25, -0.2) is 4.39 Å². The Labute approximate surface area is 105 Å². The second-order valence-corrected chi connectivity index (χ2v) is 4.88. The number of carbonyl (C=O) groups is 1. The van der Waals surface area contributed by atoms with Crippen molar-refractivity contribution in [1.82, 2.24) is 0 Å². The minimum atomic E-state index is -1.25. The molecule has 98 valence electrons. The summed E-state index contributed by atoms with van der Waals surface area (Å²) >= 11 is 0. The zero-order valence-electron chi connectivity index (χ0n) is 10.1. The van der Waals surface area contributed by atoms with Crippen molar-refractivity contribution in [2.24, 2.45) is 5.73 Å². The summed E-state index contributed by atoms with van der Waals surface area (Å²) in [5, 5.41) is 9.00. The van der Waals surface area contributed by atoms with E-state index in [0.717, 1.165) is 5.56 Å². The van der Waals surface area contributed by atoms with E-state index in [-0.39, 0.29) is 18.3 Å². The van der Waals surface area contributed by atoms with Gasteiger partial charge in [-0.15, -0.1) is 0 Å². The van der Waals surface area contributed by atoms with Crippen molar-refractivity contribution < 1.29 is 19.0 Å². The van der Waals surface area contributed by atoms with Crippen molar-refractivity contribution in [1.29, 1.82) is 0 Å². The topological polar surface area (TPSA) is 72.5 Å². The van der Waals surface area contributed by atoms with E-state index in [9.17, 15) is 9.18 Å². The van der Waals surface area contributed by atoms with Crippen LogP contribution in [0.25, 0.3) is 0 Å². The molecule has 0 radical (unpaired) electrons. The van der Waals surface area contributed by atoms with Crippen molar-refractivity contribution in [3.8, 4) is 5.75 Å². The Bertz CT molecular complexity index is 477. The molecule has 18 heavy (non-hydrogen) atoms. The van der Waals surface area contributed by atoms with Crippen LogP contribution in [0.1, 0.15) is 24.8 Å². The second-order valence-electron chi connectivity index (χ2n) is 4.88. The Balaban J connectivity index is 2.08. The molecule has 0 aromatic heterocycles. The van der Waals surface area contributed by atoms with Crippen LogP contribution >= 0.6 is 0 Å². The Hall–Kier alpha value is -1.62. The van der Waals surface area contributed by atoms with Gasteiger partial charge in [0.2, 0.25) is 0 Å². The first kappa shape index (κ1) is 12.8. The van der Waals surface area contributed by atoms with Crippen LogP contribution in [0, 0.1) is 12.7 Å². The van der Waals surface area contributed by atoms with Gasteiger partial charge >= 0.3 is 5.97 Å². The van der Waals surface area contributed by atoms with Crippen LogP contribution in [-0.4, -0.2) is 22.7 Å². The average molecular weight is 253 g/mol. The number of halogens is 1. The number of carboxylic acid groups (broad SMARTS) is 1. The van der Waals surface area contributed by atoms with Gasteiger partial charge in [0.1, 0.15) is 11.6 Å². The Morgan fingerprint density at radius 1 is 1.61 bits per heavy atom. The number of nitrogens with two attached hydrogens (primary N) is 1. The standard InChI is InChI=1S/C13H16FNO3/c1-8-2-3-10(14)11(6-8)18-9-4-5-13(15,7-9)12(16)17/h2-3,6,9H,4-5,7,15H2,1H3,(H,16,17). The molecule has 0 bridgehead atoms. The monoisotopic (exact) mass is 253 g/mol. The molecule has 0 spiro atoms. The summed E-state index contributed by atoms with van der Waals surface area (Å²) in [7, 11) is 0. The maximum atomic E-state index is 13.5. The number of hydrogen-bond acceptors (Lipinski definition) is 3. The van der Waals surface area contributed by atoms with E-state index in [4.69, 9.17) is 15.6 Å². The van der Waals surface area contributed by atoms with Crippen LogP contribution in [0.15, 0.2) is 18.2 Å². The zero-order valence-corrected chi connectivity index (χ0v) is 10.1. The highest BCUT2D eigenvalue weighted by Gasteiger charge is 2.43. The van der Waals surface area contributed by atoms with E-state index in [2.05, 4.69) is 0 Å². The van der Waals surface area contributed by atoms with Gasteiger partial charge in [-0.1, -0.05) is 6.07 Å². The predicted molar refractivity (Wildman–Crippen MR) is 64.0 cm³/mol. The summed E-state index contributed by atoms with van der Waals surface area (Å²) in [6.45, 7) is 1.84. The molecule has 0 aliphatic heterocycles. The molecular formula is C13H16FNO3. The number of carboxylic acids is 1. The fourth-order valence-electron chi connectivity index (χ4n) is 2.20. The highest BCUT2D eigenvalue weighted by atomic mass is 19.1. The number of hydrogen-bond donors (Lipinski definition) is 2. The van der Waals surface area contributed by atoms with E-state index in [1.165, 1.54) is 6.07 Å². The van der Waals surface area contributed by atoms with Crippen LogP contribution in [0.2, 0.25) is 0 Å². The van der Waals surface area contributed by atoms with Gasteiger partial charge in [-0.3, -0.25) is 4.79 Å². The van der Waals surface area contributed by atoms with Gasteiger partial charge in [0.15, 0.2) is 11.6 Å². The zero-order chi connectivity index (χ0) is 13.3. The van der Waals surface area contributed by atoms with E-state index >= 15 is 0 Å². The third kappa shape index (κ3) is 2.46. The minimum Gasteiger partial charge on any atom is -0.487 e. The Kier molecular flexibility index (Phi) is 3.26. The van der Waals surface area contributed by atoms with Crippen molar-refractivity contribution in [3.05, 3.63) is 29.6 Å². The highest BCUT2D eigenvalue weighted by molar-refractivity contribution is 5.79. The fraction of sp³-hybridized carbons (Fsp3) is 0.462. The van der Waals surface area contributed by atoms with E-state index in [0.29, 0.717) is 12.8 Å². The fourth-order valence-corrected chi connectivity index (χ4v) is 2.20. The molecule has 5 heteroatoms. The van der Waals surface area contributed by atoms with E-state index in [1.54, 1.807) is 12.1 Å². The Morgan fingerprint density at radius 3 is 2.94 bits per heavy atom. The lowest BCUT2D eigenvalue weighted by molar-refractivity contribution is -0.143. The van der Waals surface area contributed by atoms with Crippen LogP contribution in [0.4, 0.5) is 4.39 Å². The molecule has 1 aromatic rings. The first-order valence-corrected chi connectivity index (χ1v) is 5.86. The van der Waals surface area contributed by atoms with Crippen LogP contribution in [0.3, 0.4) is 0 Å². The molecule has 1 aromatic carbocycles. The first-order valence-electron chi connectivity index (χ1n) is 5.86. The molecule has 1 aliphatic rings. The highest BCUT2D eigenvalue weighted by Crippen LogP contribution is 2.32. The normalized spacial score (nSPS) is 27.2. The lowest BCUT2D eigenvalue weighted by Crippen LogP contribution is -2.46. The number of benzene rings is 1. The average Bonchev–Trinajstić information content (AvgIpc) is 2.67. The van der Waals surface area contributed by atoms with Gasteiger partial charge in [0.05, 0.1) is 0 Å². The van der Waals surface area contributed by atoms with Crippen LogP contribution in [-0.2, 0) is 4.79 Å². The van der Waals surface area contributed by atoms with Gasteiger partial charge in [-0.2, -0.15) is 0 Å². The van der Waals surface area contributed by atoms with E-state index in [1.807, 2.05) is 6.92 Å². The SMILES string of the molecule is Cc1ccc(F)c(OC2CCC(N)(C(=O)O)C2)c1. The molecule has 0 saturated heterocycles. The smallest absolute Gasteiger partial charge is 0.323 e. The molecule has 2 unspecified atom stereocenters. The van der Waals surface area contributed by atoms with Crippen molar-refractivity contribution >= 4 is 5.97 Å². The summed E-state index contributed by atoms with van der Waals surface area (Å²) in [6, 6.07) is 4.60. The predicted octanol–water partition coefficient (Wildman–Crippen LogP) is 1.85. The van der Waals surface area contributed by atoms with Crippen LogP contribution < -0.4 is 10.5 Å². The molecule has 0 heterocycles. The number of aliphatic carboxylic acids is 1. The maximum absolute atomic E-state index is 13.5. The molecule has 1 fully saturated rings. The van der Waals surface area contributed by atoms with E-state index < -0.39 is 17.3 Å². The quantitative estimate of drug-likeness (QED) is 0.862. The van der Waals surface area contributed by atoms with Crippen LogP contribution in [0.5, 0.6) is 5.75 Å². The van der Waals surface area contributed by atoms with Crippen molar-refractivity contribution in [2.75, 3.05) is 0 Å². The largest absolute Gasteiger partial charge is 0.487 e. The molecule has 1 saturated carbocycles. The van der Waals surface area contributed by atoms with Gasteiger partial charge in [-0.05, 0) is 37.5 Å². The molecule has 1 aliphatic carbocycles. The van der Waals surface area contributed by atoms with Gasteiger partial charge in [0.25, 0.3) is 0 Å². The van der Waals surface area contributed by atoms with Gasteiger partial charge < -0.3 is 15.6 Å². The number of rotatable bonds is 3. The Morgan fingerprint density at radius 2 is 2.33 bits per heavy atom. The summed E-state index contributed by atoms with van der Waals surface area (Å²) in [5.74, 6) is -1.31. The summed E-state index contributed by atoms with van der Waals surface area (Å²) in [4.78, 5) is 11.0. The second kappa shape index (κ2) is 4.57. The maximum Gasteiger partial charge on any atom is 0.323 e. The first-order chi connectivity index (χ1) is 8.40. The van der Waals surface area contributed by atoms with Crippen molar-refractivity contribution in [2.45, 2.75) is 37.8 Å². The molecule has 0 amide bonds.